The highest BCUT2D eigenvalue weighted by Gasteiger charge is 2.45. The fourth-order valence-corrected chi connectivity index (χ4v) is 4.72. The van der Waals surface area contributed by atoms with Crippen molar-refractivity contribution in [1.82, 2.24) is 4.90 Å². The second-order valence-corrected chi connectivity index (χ2v) is 7.01. The van der Waals surface area contributed by atoms with Gasteiger partial charge in [-0.05, 0) is 37.0 Å². The Bertz CT molecular complexity index is 256. The number of rotatable bonds is 3. The van der Waals surface area contributed by atoms with Crippen LogP contribution in [0.15, 0.2) is 0 Å². The molecular weight excluding hydrogens is 220 g/mol. The molecule has 0 amide bonds. The Labute approximate surface area is 113 Å². The summed E-state index contributed by atoms with van der Waals surface area (Å²) in [6.07, 6.45) is 8.23. The van der Waals surface area contributed by atoms with Crippen molar-refractivity contribution < 1.29 is 0 Å². The van der Waals surface area contributed by atoms with Crippen LogP contribution >= 0.6 is 0 Å². The SMILES string of the molecule is CCC1CCCCC1(CN)N1CC(C)CC(C)C1. The lowest BCUT2D eigenvalue weighted by molar-refractivity contribution is -0.0338. The summed E-state index contributed by atoms with van der Waals surface area (Å²) in [7, 11) is 0. The molecule has 2 rings (SSSR count). The third-order valence-electron chi connectivity index (χ3n) is 5.52. The van der Waals surface area contributed by atoms with Crippen molar-refractivity contribution in [2.45, 2.75) is 64.8 Å². The second-order valence-electron chi connectivity index (χ2n) is 7.01. The lowest BCUT2D eigenvalue weighted by atomic mass is 9.69. The van der Waals surface area contributed by atoms with Crippen LogP contribution in [0.2, 0.25) is 0 Å². The highest BCUT2D eigenvalue weighted by atomic mass is 15.2. The van der Waals surface area contributed by atoms with Crippen LogP contribution < -0.4 is 5.73 Å². The summed E-state index contributed by atoms with van der Waals surface area (Å²) in [5.74, 6) is 2.52. The first-order valence-electron chi connectivity index (χ1n) is 8.07. The van der Waals surface area contributed by atoms with Crippen molar-refractivity contribution in [1.29, 1.82) is 0 Å². The van der Waals surface area contributed by atoms with E-state index in [-0.39, 0.29) is 0 Å². The molecule has 0 aromatic carbocycles. The Hall–Kier alpha value is -0.0800. The van der Waals surface area contributed by atoms with Crippen LogP contribution in [0.5, 0.6) is 0 Å². The van der Waals surface area contributed by atoms with Crippen LogP contribution in [-0.4, -0.2) is 30.1 Å². The van der Waals surface area contributed by atoms with Crippen molar-refractivity contribution in [2.75, 3.05) is 19.6 Å². The summed E-state index contributed by atoms with van der Waals surface area (Å²) in [5, 5.41) is 0. The lowest BCUT2D eigenvalue weighted by Crippen LogP contribution is -2.62. The van der Waals surface area contributed by atoms with E-state index in [9.17, 15) is 0 Å². The fraction of sp³-hybridized carbons (Fsp3) is 1.00. The van der Waals surface area contributed by atoms with Crippen molar-refractivity contribution in [3.63, 3.8) is 0 Å². The maximum absolute atomic E-state index is 6.28. The van der Waals surface area contributed by atoms with Crippen LogP contribution in [0.25, 0.3) is 0 Å². The molecule has 18 heavy (non-hydrogen) atoms. The molecule has 2 heteroatoms. The van der Waals surface area contributed by atoms with E-state index in [1.54, 1.807) is 0 Å². The first kappa shape index (κ1) is 14.3. The molecule has 1 saturated heterocycles. The Balaban J connectivity index is 2.18. The molecule has 2 fully saturated rings. The van der Waals surface area contributed by atoms with E-state index in [0.717, 1.165) is 24.3 Å². The van der Waals surface area contributed by atoms with E-state index >= 15 is 0 Å². The van der Waals surface area contributed by atoms with Crippen LogP contribution in [0.1, 0.15) is 59.3 Å². The third kappa shape index (κ3) is 2.60. The van der Waals surface area contributed by atoms with E-state index in [4.69, 9.17) is 5.73 Å². The van der Waals surface area contributed by atoms with Gasteiger partial charge in [-0.3, -0.25) is 4.90 Å². The molecule has 0 radical (unpaired) electrons. The zero-order chi connectivity index (χ0) is 13.2. The van der Waals surface area contributed by atoms with E-state index < -0.39 is 0 Å². The van der Waals surface area contributed by atoms with Gasteiger partial charge in [-0.15, -0.1) is 0 Å². The van der Waals surface area contributed by atoms with Crippen molar-refractivity contribution in [3.05, 3.63) is 0 Å². The van der Waals surface area contributed by atoms with E-state index in [2.05, 4.69) is 25.7 Å². The smallest absolute Gasteiger partial charge is 0.0359 e. The van der Waals surface area contributed by atoms with Crippen LogP contribution in [0.4, 0.5) is 0 Å². The molecule has 0 aromatic rings. The summed E-state index contributed by atoms with van der Waals surface area (Å²) in [6.45, 7) is 10.6. The number of nitrogens with zero attached hydrogens (tertiary/aromatic N) is 1. The molecule has 0 bridgehead atoms. The quantitative estimate of drug-likeness (QED) is 0.835. The van der Waals surface area contributed by atoms with Gasteiger partial charge in [-0.25, -0.2) is 0 Å². The fourth-order valence-electron chi connectivity index (χ4n) is 4.72. The zero-order valence-corrected chi connectivity index (χ0v) is 12.6. The van der Waals surface area contributed by atoms with Gasteiger partial charge < -0.3 is 5.73 Å². The predicted octanol–water partition coefficient (Wildman–Crippen LogP) is 3.26. The molecular formula is C16H32N2. The first-order valence-corrected chi connectivity index (χ1v) is 8.07. The molecule has 106 valence electrons. The highest BCUT2D eigenvalue weighted by molar-refractivity contribution is 5.01. The summed E-state index contributed by atoms with van der Waals surface area (Å²) in [4.78, 5) is 2.79. The van der Waals surface area contributed by atoms with Gasteiger partial charge >= 0.3 is 0 Å². The zero-order valence-electron chi connectivity index (χ0n) is 12.6. The largest absolute Gasteiger partial charge is 0.329 e. The van der Waals surface area contributed by atoms with Crippen molar-refractivity contribution >= 4 is 0 Å². The standard InChI is InChI=1S/C16H32N2/c1-4-15-7-5-6-8-16(15,12-17)18-10-13(2)9-14(3)11-18/h13-15H,4-12,17H2,1-3H3. The molecule has 1 aliphatic carbocycles. The first-order chi connectivity index (χ1) is 8.62. The summed E-state index contributed by atoms with van der Waals surface area (Å²) >= 11 is 0. The number of nitrogens with two attached hydrogens (primary N) is 1. The Morgan fingerprint density at radius 1 is 1.17 bits per heavy atom. The van der Waals surface area contributed by atoms with Gasteiger partial charge in [0.25, 0.3) is 0 Å². The molecule has 1 aliphatic heterocycles. The molecule has 4 unspecified atom stereocenters. The molecule has 0 aromatic heterocycles. The molecule has 4 atom stereocenters. The maximum atomic E-state index is 6.28. The molecule has 2 N–H and O–H groups in total. The van der Waals surface area contributed by atoms with E-state index in [1.807, 2.05) is 0 Å². The van der Waals surface area contributed by atoms with Gasteiger partial charge in [0.2, 0.25) is 0 Å². The number of piperidine rings is 1. The number of hydrogen-bond donors (Lipinski definition) is 1. The minimum absolute atomic E-state index is 0.329. The van der Waals surface area contributed by atoms with E-state index in [1.165, 1.54) is 51.6 Å². The molecule has 1 saturated carbocycles. The molecule has 1 heterocycles. The summed E-state index contributed by atoms with van der Waals surface area (Å²) < 4.78 is 0. The lowest BCUT2D eigenvalue weighted by Gasteiger charge is -2.54. The highest BCUT2D eigenvalue weighted by Crippen LogP contribution is 2.42. The summed E-state index contributed by atoms with van der Waals surface area (Å²) in [6, 6.07) is 0. The maximum Gasteiger partial charge on any atom is 0.0359 e. The van der Waals surface area contributed by atoms with Gasteiger partial charge in [0.1, 0.15) is 0 Å². The molecule has 0 spiro atoms. The second kappa shape index (κ2) is 5.92. The Kier molecular flexibility index (Phi) is 4.71. The third-order valence-corrected chi connectivity index (χ3v) is 5.52. The monoisotopic (exact) mass is 252 g/mol. The topological polar surface area (TPSA) is 29.3 Å². The van der Waals surface area contributed by atoms with Crippen LogP contribution in [0, 0.1) is 17.8 Å². The Morgan fingerprint density at radius 3 is 2.39 bits per heavy atom. The van der Waals surface area contributed by atoms with Crippen LogP contribution in [0.3, 0.4) is 0 Å². The van der Waals surface area contributed by atoms with Gasteiger partial charge in [0.05, 0.1) is 0 Å². The summed E-state index contributed by atoms with van der Waals surface area (Å²) in [5.41, 5.74) is 6.61. The number of hydrogen-bond acceptors (Lipinski definition) is 2. The van der Waals surface area contributed by atoms with Gasteiger partial charge in [0, 0.05) is 25.2 Å². The Morgan fingerprint density at radius 2 is 1.83 bits per heavy atom. The predicted molar refractivity (Wildman–Crippen MR) is 78.6 cm³/mol. The van der Waals surface area contributed by atoms with Crippen LogP contribution in [-0.2, 0) is 0 Å². The normalized spacial score (nSPS) is 43.0. The average Bonchev–Trinajstić information content (AvgIpc) is 2.37. The van der Waals surface area contributed by atoms with Gasteiger partial charge in [-0.2, -0.15) is 0 Å². The van der Waals surface area contributed by atoms with E-state index in [0.29, 0.717) is 5.54 Å². The number of likely N-dealkylation sites (tertiary alicyclic amines) is 1. The van der Waals surface area contributed by atoms with Gasteiger partial charge in [-0.1, -0.05) is 40.0 Å². The average molecular weight is 252 g/mol. The minimum Gasteiger partial charge on any atom is -0.329 e. The molecule has 2 nitrogen and oxygen atoms in total. The van der Waals surface area contributed by atoms with Gasteiger partial charge in [0.15, 0.2) is 0 Å². The molecule has 2 aliphatic rings. The van der Waals surface area contributed by atoms with Crippen molar-refractivity contribution in [3.8, 4) is 0 Å². The minimum atomic E-state index is 0.329. The van der Waals surface area contributed by atoms with Crippen molar-refractivity contribution in [2.24, 2.45) is 23.5 Å².